The predicted molar refractivity (Wildman–Crippen MR) is 71.4 cm³/mol. The molecule has 0 amide bonds. The van der Waals surface area contributed by atoms with Gasteiger partial charge in [0.2, 0.25) is 0 Å². The van der Waals surface area contributed by atoms with Crippen molar-refractivity contribution in [3.8, 4) is 0 Å². The lowest BCUT2D eigenvalue weighted by molar-refractivity contribution is 0.0455. The second-order valence-corrected chi connectivity index (χ2v) is 5.58. The summed E-state index contributed by atoms with van der Waals surface area (Å²) in [7, 11) is 0. The van der Waals surface area contributed by atoms with Gasteiger partial charge in [-0.2, -0.15) is 0 Å². The molecule has 0 aliphatic carbocycles. The fourth-order valence-electron chi connectivity index (χ4n) is 2.02. The van der Waals surface area contributed by atoms with Crippen molar-refractivity contribution in [2.75, 3.05) is 13.2 Å². The minimum absolute atomic E-state index is 0.361. The van der Waals surface area contributed by atoms with E-state index in [0.29, 0.717) is 10.8 Å². The van der Waals surface area contributed by atoms with Crippen LogP contribution in [0.5, 0.6) is 0 Å². The lowest BCUT2D eigenvalue weighted by Crippen LogP contribution is -2.30. The van der Waals surface area contributed by atoms with E-state index in [9.17, 15) is 9.90 Å². The summed E-state index contributed by atoms with van der Waals surface area (Å²) in [5.41, 5.74) is 0.361. The van der Waals surface area contributed by atoms with Crippen LogP contribution in [0.25, 0.3) is 10.8 Å². The largest absolute Gasteiger partial charge is 0.478 e. The number of fused-ring (bicyclic) bond motifs is 1. The minimum atomic E-state index is -0.880. The maximum atomic E-state index is 11.2. The number of benzene rings is 2. The van der Waals surface area contributed by atoms with Crippen LogP contribution in [0.3, 0.4) is 0 Å². The van der Waals surface area contributed by atoms with E-state index in [-0.39, 0.29) is 0 Å². The molecule has 1 aliphatic rings. The summed E-state index contributed by atoms with van der Waals surface area (Å²) >= 11 is 1.76. The Bertz CT molecular complexity index is 605. The van der Waals surface area contributed by atoms with Crippen LogP contribution >= 0.6 is 11.8 Å². The average molecular weight is 260 g/mol. The molecule has 2 aromatic carbocycles. The minimum Gasteiger partial charge on any atom is -0.478 e. The Hall–Kier alpha value is -1.52. The van der Waals surface area contributed by atoms with Gasteiger partial charge in [-0.3, -0.25) is 0 Å². The van der Waals surface area contributed by atoms with Gasteiger partial charge >= 0.3 is 5.97 Å². The summed E-state index contributed by atoms with van der Waals surface area (Å²) < 4.78 is 5.17. The number of aromatic carboxylic acids is 1. The van der Waals surface area contributed by atoms with Crippen LogP contribution in [0, 0.1) is 0 Å². The number of carbonyl (C=O) groups is 1. The Kier molecular flexibility index (Phi) is 2.97. The molecule has 3 rings (SSSR count). The summed E-state index contributed by atoms with van der Waals surface area (Å²) in [6.07, 6.45) is 0. The van der Waals surface area contributed by atoms with E-state index in [0.717, 1.165) is 28.9 Å². The predicted octanol–water partition coefficient (Wildman–Crippen LogP) is 3.03. The van der Waals surface area contributed by atoms with Crippen LogP contribution in [-0.4, -0.2) is 29.5 Å². The molecule has 4 heteroatoms. The highest BCUT2D eigenvalue weighted by molar-refractivity contribution is 8.00. The van der Waals surface area contributed by atoms with E-state index in [2.05, 4.69) is 0 Å². The molecule has 2 aromatic rings. The highest BCUT2D eigenvalue weighted by Crippen LogP contribution is 2.34. The quantitative estimate of drug-likeness (QED) is 0.921. The third-order valence-electron chi connectivity index (χ3n) is 3.02. The molecule has 1 heterocycles. The van der Waals surface area contributed by atoms with Gasteiger partial charge in [-0.1, -0.05) is 24.3 Å². The Labute approximate surface area is 109 Å². The molecule has 0 unspecified atom stereocenters. The van der Waals surface area contributed by atoms with Crippen molar-refractivity contribution < 1.29 is 14.6 Å². The number of carboxylic acids is 1. The van der Waals surface area contributed by atoms with E-state index in [1.54, 1.807) is 17.8 Å². The topological polar surface area (TPSA) is 46.5 Å². The van der Waals surface area contributed by atoms with Crippen LogP contribution in [0.2, 0.25) is 0 Å². The molecular formula is C14H12O3S. The standard InChI is InChI=1S/C14H12O3S/c15-14(16)12-5-6-13(18-9-7-17-8-9)11-4-2-1-3-10(11)12/h1-6,9H,7-8H2,(H,15,16). The number of ether oxygens (including phenoxy) is 1. The number of rotatable bonds is 3. The van der Waals surface area contributed by atoms with Crippen LogP contribution in [0.4, 0.5) is 0 Å². The van der Waals surface area contributed by atoms with Crippen molar-refractivity contribution in [3.05, 3.63) is 42.0 Å². The maximum absolute atomic E-state index is 11.2. The van der Waals surface area contributed by atoms with E-state index >= 15 is 0 Å². The summed E-state index contributed by atoms with van der Waals surface area (Å²) in [5, 5.41) is 11.5. The summed E-state index contributed by atoms with van der Waals surface area (Å²) in [5.74, 6) is -0.880. The smallest absolute Gasteiger partial charge is 0.336 e. The summed E-state index contributed by atoms with van der Waals surface area (Å²) in [4.78, 5) is 12.3. The van der Waals surface area contributed by atoms with Gasteiger partial charge in [0, 0.05) is 4.90 Å². The highest BCUT2D eigenvalue weighted by atomic mass is 32.2. The molecule has 1 fully saturated rings. The van der Waals surface area contributed by atoms with Gasteiger partial charge in [0.1, 0.15) is 0 Å². The molecule has 0 radical (unpaired) electrons. The van der Waals surface area contributed by atoms with E-state index < -0.39 is 5.97 Å². The first-order valence-corrected chi connectivity index (χ1v) is 6.63. The first kappa shape index (κ1) is 11.6. The zero-order valence-electron chi connectivity index (χ0n) is 9.63. The fraction of sp³-hybridized carbons (Fsp3) is 0.214. The maximum Gasteiger partial charge on any atom is 0.336 e. The molecule has 0 aromatic heterocycles. The molecule has 18 heavy (non-hydrogen) atoms. The third kappa shape index (κ3) is 1.98. The Morgan fingerprint density at radius 2 is 1.89 bits per heavy atom. The average Bonchev–Trinajstić information content (AvgIpc) is 2.33. The first-order valence-electron chi connectivity index (χ1n) is 5.75. The first-order chi connectivity index (χ1) is 8.75. The molecule has 1 N–H and O–H groups in total. The zero-order chi connectivity index (χ0) is 12.5. The van der Waals surface area contributed by atoms with Gasteiger partial charge in [0.25, 0.3) is 0 Å². The van der Waals surface area contributed by atoms with Gasteiger partial charge in [-0.25, -0.2) is 4.79 Å². The monoisotopic (exact) mass is 260 g/mol. The SMILES string of the molecule is O=C(O)c1ccc(SC2COC2)c2ccccc12. The zero-order valence-corrected chi connectivity index (χ0v) is 10.4. The van der Waals surface area contributed by atoms with Crippen molar-refractivity contribution in [2.45, 2.75) is 10.1 Å². The van der Waals surface area contributed by atoms with Gasteiger partial charge in [0.05, 0.1) is 24.0 Å². The van der Waals surface area contributed by atoms with Crippen LogP contribution in [0.15, 0.2) is 41.3 Å². The molecule has 0 atom stereocenters. The Morgan fingerprint density at radius 1 is 1.17 bits per heavy atom. The van der Waals surface area contributed by atoms with Crippen LogP contribution < -0.4 is 0 Å². The van der Waals surface area contributed by atoms with Crippen LogP contribution in [-0.2, 0) is 4.74 Å². The van der Waals surface area contributed by atoms with Gasteiger partial charge in [-0.05, 0) is 22.9 Å². The van der Waals surface area contributed by atoms with Gasteiger partial charge in [0.15, 0.2) is 0 Å². The van der Waals surface area contributed by atoms with Gasteiger partial charge in [-0.15, -0.1) is 11.8 Å². The number of thioether (sulfide) groups is 1. The van der Waals surface area contributed by atoms with E-state index in [1.165, 1.54) is 0 Å². The van der Waals surface area contributed by atoms with Crippen molar-refractivity contribution in [2.24, 2.45) is 0 Å². The molecule has 1 aliphatic heterocycles. The number of carboxylic acid groups (broad SMARTS) is 1. The van der Waals surface area contributed by atoms with Crippen LogP contribution in [0.1, 0.15) is 10.4 Å². The second-order valence-electron chi connectivity index (χ2n) is 4.24. The van der Waals surface area contributed by atoms with Crippen molar-refractivity contribution in [3.63, 3.8) is 0 Å². The second kappa shape index (κ2) is 4.63. The summed E-state index contributed by atoms with van der Waals surface area (Å²) in [6, 6.07) is 11.2. The van der Waals surface area contributed by atoms with E-state index in [4.69, 9.17) is 4.74 Å². The molecule has 1 saturated heterocycles. The normalized spacial score (nSPS) is 15.6. The molecule has 92 valence electrons. The third-order valence-corrected chi connectivity index (χ3v) is 4.23. The lowest BCUT2D eigenvalue weighted by Gasteiger charge is -2.25. The Balaban J connectivity index is 2.10. The molecule has 0 bridgehead atoms. The van der Waals surface area contributed by atoms with Gasteiger partial charge < -0.3 is 9.84 Å². The fourth-order valence-corrected chi connectivity index (χ4v) is 3.16. The highest BCUT2D eigenvalue weighted by Gasteiger charge is 2.21. The van der Waals surface area contributed by atoms with Crippen molar-refractivity contribution in [1.82, 2.24) is 0 Å². The van der Waals surface area contributed by atoms with E-state index in [1.807, 2.05) is 30.3 Å². The molecular weight excluding hydrogens is 248 g/mol. The Morgan fingerprint density at radius 3 is 2.50 bits per heavy atom. The molecule has 3 nitrogen and oxygen atoms in total. The molecule has 0 saturated carbocycles. The van der Waals surface area contributed by atoms with Crippen molar-refractivity contribution in [1.29, 1.82) is 0 Å². The number of hydrogen-bond acceptors (Lipinski definition) is 3. The summed E-state index contributed by atoms with van der Waals surface area (Å²) in [6.45, 7) is 1.55. The number of hydrogen-bond donors (Lipinski definition) is 1. The lowest BCUT2D eigenvalue weighted by atomic mass is 10.0. The molecule has 0 spiro atoms. The van der Waals surface area contributed by atoms with Crippen molar-refractivity contribution >= 4 is 28.5 Å².